The van der Waals surface area contributed by atoms with E-state index in [1.54, 1.807) is 19.2 Å². The summed E-state index contributed by atoms with van der Waals surface area (Å²) in [7, 11) is 1.56. The predicted octanol–water partition coefficient (Wildman–Crippen LogP) is 1.53. The molecule has 1 heterocycles. The molecule has 1 spiro atoms. The van der Waals surface area contributed by atoms with Crippen molar-refractivity contribution in [2.45, 2.75) is 57.4 Å². The predicted molar refractivity (Wildman–Crippen MR) is 113 cm³/mol. The second-order valence-corrected chi connectivity index (χ2v) is 8.24. The number of carbonyl (C=O) groups excluding carboxylic acids is 3. The first kappa shape index (κ1) is 22.1. The normalized spacial score (nSPS) is 19.3. The van der Waals surface area contributed by atoms with E-state index in [9.17, 15) is 14.4 Å². The molecule has 1 aliphatic carbocycles. The van der Waals surface area contributed by atoms with Gasteiger partial charge in [0.15, 0.2) is 13.2 Å². The van der Waals surface area contributed by atoms with Crippen molar-refractivity contribution in [1.29, 1.82) is 0 Å². The smallest absolute Gasteiger partial charge is 0.329 e. The number of para-hydroxylation sites is 2. The van der Waals surface area contributed by atoms with E-state index in [-0.39, 0.29) is 31.1 Å². The Morgan fingerprint density at radius 2 is 1.90 bits per heavy atom. The number of nitrogens with zero attached hydrogens (tertiary/aromatic N) is 1. The fourth-order valence-corrected chi connectivity index (χ4v) is 4.46. The van der Waals surface area contributed by atoms with Gasteiger partial charge in [-0.1, -0.05) is 44.7 Å². The summed E-state index contributed by atoms with van der Waals surface area (Å²) in [6, 6.07) is 6.90. The van der Waals surface area contributed by atoms with Crippen LogP contribution in [0.25, 0.3) is 0 Å². The van der Waals surface area contributed by atoms with E-state index >= 15 is 0 Å². The zero-order chi connectivity index (χ0) is 21.6. The van der Waals surface area contributed by atoms with Crippen LogP contribution < -0.4 is 20.3 Å². The standard InChI is InChI=1S/C22H32N4O4/c1-3-14-25(15-19(27)23-17-10-6-7-11-18(17)30-2)16-26-20(28)22(24-21(26)29)12-8-4-5-9-13-22/h6-7,10-11H,3-5,8-9,12-16H2,1-2H3,(H,23,27)(H,24,29)/p+1. The largest absolute Gasteiger partial charge is 0.495 e. The molecule has 1 saturated heterocycles. The van der Waals surface area contributed by atoms with Crippen LogP contribution >= 0.6 is 0 Å². The van der Waals surface area contributed by atoms with Crippen LogP contribution in [0.3, 0.4) is 0 Å². The zero-order valence-corrected chi connectivity index (χ0v) is 18.0. The van der Waals surface area contributed by atoms with Gasteiger partial charge in [-0.25, -0.2) is 9.69 Å². The third kappa shape index (κ3) is 4.92. The van der Waals surface area contributed by atoms with Gasteiger partial charge in [-0.2, -0.15) is 0 Å². The maximum absolute atomic E-state index is 13.2. The first-order chi connectivity index (χ1) is 14.5. The molecule has 4 amide bonds. The molecular formula is C22H33N4O4+. The van der Waals surface area contributed by atoms with Gasteiger partial charge >= 0.3 is 6.03 Å². The number of methoxy groups -OCH3 is 1. The van der Waals surface area contributed by atoms with Crippen molar-refractivity contribution in [3.8, 4) is 5.75 Å². The molecule has 30 heavy (non-hydrogen) atoms. The molecule has 164 valence electrons. The summed E-state index contributed by atoms with van der Waals surface area (Å²) in [6.45, 7) is 3.07. The third-order valence-electron chi connectivity index (χ3n) is 5.98. The number of hydrogen-bond acceptors (Lipinski definition) is 4. The molecule has 1 atom stereocenters. The zero-order valence-electron chi connectivity index (χ0n) is 18.0. The number of urea groups is 1. The molecule has 2 fully saturated rings. The number of imide groups is 1. The molecule has 0 radical (unpaired) electrons. The van der Waals surface area contributed by atoms with Gasteiger partial charge in [0, 0.05) is 0 Å². The van der Waals surface area contributed by atoms with E-state index in [1.807, 2.05) is 19.1 Å². The molecule has 0 aromatic heterocycles. The summed E-state index contributed by atoms with van der Waals surface area (Å²) >= 11 is 0. The van der Waals surface area contributed by atoms with Crippen LogP contribution in [0.15, 0.2) is 24.3 Å². The van der Waals surface area contributed by atoms with E-state index in [1.165, 1.54) is 4.90 Å². The Balaban J connectivity index is 1.65. The van der Waals surface area contributed by atoms with Gasteiger partial charge in [-0.3, -0.25) is 9.59 Å². The van der Waals surface area contributed by atoms with Crippen LogP contribution in [0, 0.1) is 0 Å². The van der Waals surface area contributed by atoms with Gasteiger partial charge in [0.2, 0.25) is 0 Å². The minimum Gasteiger partial charge on any atom is -0.495 e. The topological polar surface area (TPSA) is 92.2 Å². The highest BCUT2D eigenvalue weighted by Gasteiger charge is 2.51. The van der Waals surface area contributed by atoms with Gasteiger partial charge in [0.05, 0.1) is 19.3 Å². The van der Waals surface area contributed by atoms with Gasteiger partial charge < -0.3 is 20.3 Å². The van der Waals surface area contributed by atoms with Crippen LogP contribution in [0.1, 0.15) is 51.9 Å². The Morgan fingerprint density at radius 1 is 1.20 bits per heavy atom. The monoisotopic (exact) mass is 417 g/mol. The number of amides is 4. The molecule has 1 aliphatic heterocycles. The lowest BCUT2D eigenvalue weighted by Crippen LogP contribution is -3.14. The van der Waals surface area contributed by atoms with Gasteiger partial charge in [0.1, 0.15) is 11.3 Å². The van der Waals surface area contributed by atoms with Crippen LogP contribution in [0.4, 0.5) is 10.5 Å². The van der Waals surface area contributed by atoms with Crippen molar-refractivity contribution < 1.29 is 24.0 Å². The number of ether oxygens (including phenoxy) is 1. The van der Waals surface area contributed by atoms with E-state index in [4.69, 9.17) is 4.74 Å². The number of nitrogens with one attached hydrogen (secondary N) is 3. The summed E-state index contributed by atoms with van der Waals surface area (Å²) in [4.78, 5) is 40.6. The molecule has 8 heteroatoms. The highest BCUT2D eigenvalue weighted by molar-refractivity contribution is 6.06. The first-order valence-corrected chi connectivity index (χ1v) is 10.9. The van der Waals surface area contributed by atoms with Crippen LogP contribution in [-0.4, -0.2) is 55.2 Å². The lowest BCUT2D eigenvalue weighted by atomic mass is 9.90. The van der Waals surface area contributed by atoms with Crippen molar-refractivity contribution in [3.05, 3.63) is 24.3 Å². The molecule has 1 aromatic rings. The molecule has 3 rings (SSSR count). The molecule has 0 bridgehead atoms. The molecule has 2 aliphatic rings. The summed E-state index contributed by atoms with van der Waals surface area (Å²) < 4.78 is 5.28. The van der Waals surface area contributed by atoms with Crippen LogP contribution in [0.2, 0.25) is 0 Å². The molecule has 1 saturated carbocycles. The number of quaternary nitrogens is 1. The molecule has 3 N–H and O–H groups in total. The maximum atomic E-state index is 13.2. The minimum absolute atomic E-state index is 0.131. The first-order valence-electron chi connectivity index (χ1n) is 10.9. The van der Waals surface area contributed by atoms with Crippen LogP contribution in [-0.2, 0) is 9.59 Å². The Hall–Kier alpha value is -2.61. The summed E-state index contributed by atoms with van der Waals surface area (Å²) in [5.41, 5.74) is -0.141. The van der Waals surface area contributed by atoms with Crippen molar-refractivity contribution >= 4 is 23.5 Å². The summed E-state index contributed by atoms with van der Waals surface area (Å²) in [5.74, 6) is 0.277. The minimum atomic E-state index is -0.745. The van der Waals surface area contributed by atoms with Crippen molar-refractivity contribution in [2.24, 2.45) is 0 Å². The van der Waals surface area contributed by atoms with E-state index in [0.717, 1.165) is 37.0 Å². The van der Waals surface area contributed by atoms with Gasteiger partial charge in [0.25, 0.3) is 11.8 Å². The second-order valence-electron chi connectivity index (χ2n) is 8.24. The average molecular weight is 418 g/mol. The molecule has 8 nitrogen and oxygen atoms in total. The number of anilines is 1. The van der Waals surface area contributed by atoms with Gasteiger partial charge in [-0.05, 0) is 31.4 Å². The quantitative estimate of drug-likeness (QED) is 0.560. The third-order valence-corrected chi connectivity index (χ3v) is 5.98. The van der Waals surface area contributed by atoms with Gasteiger partial charge in [-0.15, -0.1) is 0 Å². The Morgan fingerprint density at radius 3 is 2.57 bits per heavy atom. The molecule has 1 unspecified atom stereocenters. The van der Waals surface area contributed by atoms with Crippen molar-refractivity contribution in [3.63, 3.8) is 0 Å². The lowest BCUT2D eigenvalue weighted by Gasteiger charge is -2.26. The lowest BCUT2D eigenvalue weighted by molar-refractivity contribution is -0.899. The number of benzene rings is 1. The number of hydrogen-bond donors (Lipinski definition) is 3. The summed E-state index contributed by atoms with van der Waals surface area (Å²) in [6.07, 6.45) is 6.34. The fourth-order valence-electron chi connectivity index (χ4n) is 4.46. The van der Waals surface area contributed by atoms with E-state index in [2.05, 4.69) is 10.6 Å². The Kier molecular flexibility index (Phi) is 7.31. The number of carbonyl (C=O) groups is 3. The Bertz CT molecular complexity index is 774. The second kappa shape index (κ2) is 9.93. The van der Waals surface area contributed by atoms with Crippen molar-refractivity contribution in [2.75, 3.05) is 32.2 Å². The molecular weight excluding hydrogens is 384 g/mol. The molecule has 1 aromatic carbocycles. The highest BCUT2D eigenvalue weighted by atomic mass is 16.5. The average Bonchev–Trinajstić information content (AvgIpc) is 2.89. The van der Waals surface area contributed by atoms with E-state index < -0.39 is 5.54 Å². The van der Waals surface area contributed by atoms with Crippen LogP contribution in [0.5, 0.6) is 5.75 Å². The van der Waals surface area contributed by atoms with E-state index in [0.29, 0.717) is 30.8 Å². The highest BCUT2D eigenvalue weighted by Crippen LogP contribution is 2.32. The SMILES string of the molecule is CCC[NH+](CC(=O)Nc1ccccc1OC)CN1C(=O)NC2(CCCCCC2)C1=O. The Labute approximate surface area is 177 Å². The summed E-state index contributed by atoms with van der Waals surface area (Å²) in [5, 5.41) is 5.85. The maximum Gasteiger partial charge on any atom is 0.329 e. The van der Waals surface area contributed by atoms with Crippen molar-refractivity contribution in [1.82, 2.24) is 10.2 Å². The fraction of sp³-hybridized carbons (Fsp3) is 0.591. The number of rotatable bonds is 8.